The van der Waals surface area contributed by atoms with Crippen molar-refractivity contribution in [1.29, 1.82) is 0 Å². The summed E-state index contributed by atoms with van der Waals surface area (Å²) in [6.07, 6.45) is 4.39. The van der Waals surface area contributed by atoms with Gasteiger partial charge >= 0.3 is 0 Å². The predicted molar refractivity (Wildman–Crippen MR) is 151 cm³/mol. The van der Waals surface area contributed by atoms with Gasteiger partial charge in [0.2, 0.25) is 0 Å². The van der Waals surface area contributed by atoms with Crippen LogP contribution in [0, 0.1) is 5.92 Å². The fourth-order valence-electron chi connectivity index (χ4n) is 7.02. The fourth-order valence-corrected chi connectivity index (χ4v) is 7.74. The molecule has 2 atom stereocenters. The van der Waals surface area contributed by atoms with E-state index in [0.717, 1.165) is 30.0 Å². The largest absolute Gasteiger partial charge is 0.487 e. The van der Waals surface area contributed by atoms with Crippen LogP contribution >= 0.6 is 0 Å². The summed E-state index contributed by atoms with van der Waals surface area (Å²) < 4.78 is 31.4. The average Bonchev–Trinajstić information content (AvgIpc) is 3.23. The Morgan fingerprint density at radius 2 is 1.58 bits per heavy atom. The molecule has 2 bridgehead atoms. The van der Waals surface area contributed by atoms with E-state index in [-0.39, 0.29) is 17.6 Å². The number of rotatable bonds is 7. The van der Waals surface area contributed by atoms with Gasteiger partial charge in [0.05, 0.1) is 4.90 Å². The van der Waals surface area contributed by atoms with Gasteiger partial charge in [-0.2, -0.15) is 0 Å². The molecule has 38 heavy (non-hydrogen) atoms. The first kappa shape index (κ1) is 25.6. The lowest BCUT2D eigenvalue weighted by atomic mass is 9.70. The van der Waals surface area contributed by atoms with E-state index in [1.54, 1.807) is 6.07 Å². The van der Waals surface area contributed by atoms with E-state index >= 15 is 0 Å². The summed E-state index contributed by atoms with van der Waals surface area (Å²) in [5.41, 5.74) is 4.28. The molecule has 0 radical (unpaired) electrons. The number of sulfone groups is 1. The number of nitrogens with zero attached hydrogens (tertiary/aromatic N) is 1. The van der Waals surface area contributed by atoms with Crippen LogP contribution in [0.3, 0.4) is 0 Å². The Balaban J connectivity index is 1.37. The minimum atomic E-state index is -3.32. The summed E-state index contributed by atoms with van der Waals surface area (Å²) >= 11 is 0. The van der Waals surface area contributed by atoms with Crippen molar-refractivity contribution in [2.45, 2.75) is 68.2 Å². The van der Waals surface area contributed by atoms with E-state index in [4.69, 9.17) is 4.74 Å². The summed E-state index contributed by atoms with van der Waals surface area (Å²) in [6.45, 7) is 6.97. The Kier molecular flexibility index (Phi) is 6.61. The summed E-state index contributed by atoms with van der Waals surface area (Å²) in [5.74, 6) is 1.69. The molecule has 4 heterocycles. The van der Waals surface area contributed by atoms with E-state index in [2.05, 4.69) is 84.7 Å². The molecule has 4 aliphatic rings. The van der Waals surface area contributed by atoms with Crippen molar-refractivity contribution >= 4 is 9.84 Å². The molecule has 0 spiro atoms. The van der Waals surface area contributed by atoms with Crippen LogP contribution in [0.15, 0.2) is 77.7 Å². The second kappa shape index (κ2) is 9.82. The Hall–Kier alpha value is -2.67. The van der Waals surface area contributed by atoms with Crippen LogP contribution in [0.1, 0.15) is 54.9 Å². The van der Waals surface area contributed by atoms with Crippen LogP contribution in [-0.2, 0) is 22.8 Å². The van der Waals surface area contributed by atoms with E-state index < -0.39 is 9.84 Å². The summed E-state index contributed by atoms with van der Waals surface area (Å²) in [5, 5.41) is 3.96. The van der Waals surface area contributed by atoms with Crippen LogP contribution in [0.5, 0.6) is 5.75 Å². The minimum Gasteiger partial charge on any atom is -0.487 e. The highest BCUT2D eigenvalue weighted by Crippen LogP contribution is 2.43. The van der Waals surface area contributed by atoms with Crippen molar-refractivity contribution in [1.82, 2.24) is 10.2 Å². The molecular formula is C32H38N2O3S. The van der Waals surface area contributed by atoms with Crippen LogP contribution < -0.4 is 10.1 Å². The van der Waals surface area contributed by atoms with Gasteiger partial charge in [0, 0.05) is 42.8 Å². The van der Waals surface area contributed by atoms with Gasteiger partial charge in [-0.05, 0) is 74.5 Å². The Bertz CT molecular complexity index is 1360. The Morgan fingerprint density at radius 3 is 2.16 bits per heavy atom. The van der Waals surface area contributed by atoms with Gasteiger partial charge in [-0.25, -0.2) is 8.42 Å². The van der Waals surface area contributed by atoms with E-state index in [1.807, 2.05) is 6.07 Å². The maximum Gasteiger partial charge on any atom is 0.175 e. The molecule has 3 saturated heterocycles. The van der Waals surface area contributed by atoms with Crippen molar-refractivity contribution in [3.63, 3.8) is 0 Å². The molecule has 0 saturated carbocycles. The third kappa shape index (κ3) is 4.90. The van der Waals surface area contributed by atoms with Gasteiger partial charge in [0.25, 0.3) is 0 Å². The first-order valence-corrected chi connectivity index (χ1v) is 15.7. The summed E-state index contributed by atoms with van der Waals surface area (Å²) in [4.78, 5) is 3.06. The number of fused-ring (bicyclic) bond motifs is 4. The average molecular weight is 531 g/mol. The van der Waals surface area contributed by atoms with Gasteiger partial charge in [0.15, 0.2) is 9.84 Å². The first-order valence-electron chi connectivity index (χ1n) is 13.8. The van der Waals surface area contributed by atoms with Crippen molar-refractivity contribution in [2.24, 2.45) is 5.92 Å². The molecule has 7 rings (SSSR count). The Morgan fingerprint density at radius 1 is 0.974 bits per heavy atom. The first-order chi connectivity index (χ1) is 18.2. The van der Waals surface area contributed by atoms with Gasteiger partial charge in [-0.3, -0.25) is 4.90 Å². The number of piperidine rings is 3. The highest BCUT2D eigenvalue weighted by Gasteiger charge is 2.46. The highest BCUT2D eigenvalue weighted by atomic mass is 32.2. The molecule has 4 aliphatic heterocycles. The second-order valence-corrected chi connectivity index (χ2v) is 14.0. The van der Waals surface area contributed by atoms with Crippen molar-refractivity contribution in [2.75, 3.05) is 19.3 Å². The van der Waals surface area contributed by atoms with Crippen molar-refractivity contribution in [3.05, 3.63) is 95.1 Å². The minimum absolute atomic E-state index is 0.251. The third-order valence-electron chi connectivity index (χ3n) is 8.70. The Labute approximate surface area is 227 Å². The van der Waals surface area contributed by atoms with Gasteiger partial charge < -0.3 is 10.1 Å². The molecular weight excluding hydrogens is 492 g/mol. The van der Waals surface area contributed by atoms with Crippen molar-refractivity contribution < 1.29 is 13.2 Å². The molecule has 2 unspecified atom stereocenters. The normalized spacial score (nSPS) is 25.8. The molecule has 200 valence electrons. The topological polar surface area (TPSA) is 58.6 Å². The van der Waals surface area contributed by atoms with E-state index in [1.165, 1.54) is 30.2 Å². The predicted octanol–water partition coefficient (Wildman–Crippen LogP) is 5.19. The third-order valence-corrected chi connectivity index (χ3v) is 9.79. The lowest BCUT2D eigenvalue weighted by molar-refractivity contribution is 0.00454. The number of nitrogens with one attached hydrogen (secondary N) is 1. The molecule has 0 aliphatic carbocycles. The molecule has 0 aromatic heterocycles. The zero-order valence-corrected chi connectivity index (χ0v) is 23.4. The van der Waals surface area contributed by atoms with E-state index in [9.17, 15) is 8.42 Å². The van der Waals surface area contributed by atoms with E-state index in [0.29, 0.717) is 29.8 Å². The fraction of sp³-hybridized carbons (Fsp3) is 0.438. The maximum atomic E-state index is 12.5. The SMILES string of the molecule is CC1(C)Cc2cc(S(C)(=O)=O)cc(CNC3C4CCN(CC4)C3C(c3ccccc3)c3ccccc3)c2O1. The molecule has 3 aromatic rings. The second-order valence-electron chi connectivity index (χ2n) is 12.0. The smallest absolute Gasteiger partial charge is 0.175 e. The summed E-state index contributed by atoms with van der Waals surface area (Å²) in [6, 6.07) is 26.0. The standard InChI is InChI=1S/C32H38N2O3S/c1-32(2)20-25-18-27(38(3,35)36)19-26(31(25)37-32)21-33-29-24-14-16-34(17-15-24)30(29)28(22-10-6-4-7-11-22)23-12-8-5-9-13-23/h4-13,18-19,24,28-30,33H,14-17,20-21H2,1-3H3. The zero-order valence-electron chi connectivity index (χ0n) is 22.6. The van der Waals surface area contributed by atoms with Crippen molar-refractivity contribution in [3.8, 4) is 5.75 Å². The lowest BCUT2D eigenvalue weighted by Gasteiger charge is -2.54. The molecule has 6 heteroatoms. The maximum absolute atomic E-state index is 12.5. The van der Waals surface area contributed by atoms with Crippen LogP contribution in [-0.4, -0.2) is 50.3 Å². The lowest BCUT2D eigenvalue weighted by Crippen LogP contribution is -2.64. The van der Waals surface area contributed by atoms with Gasteiger partial charge in [-0.1, -0.05) is 60.7 Å². The number of benzene rings is 3. The quantitative estimate of drug-likeness (QED) is 0.456. The molecule has 1 N–H and O–H groups in total. The zero-order chi connectivity index (χ0) is 26.5. The molecule has 3 aromatic carbocycles. The number of ether oxygens (including phenoxy) is 1. The summed E-state index contributed by atoms with van der Waals surface area (Å²) in [7, 11) is -3.32. The van der Waals surface area contributed by atoms with Crippen LogP contribution in [0.25, 0.3) is 0 Å². The highest BCUT2D eigenvalue weighted by molar-refractivity contribution is 7.90. The van der Waals surface area contributed by atoms with Crippen LogP contribution in [0.2, 0.25) is 0 Å². The van der Waals surface area contributed by atoms with Gasteiger partial charge in [0.1, 0.15) is 11.4 Å². The van der Waals surface area contributed by atoms with Crippen LogP contribution in [0.4, 0.5) is 0 Å². The monoisotopic (exact) mass is 530 g/mol. The molecule has 5 nitrogen and oxygen atoms in total. The number of hydrogen-bond donors (Lipinski definition) is 1. The van der Waals surface area contributed by atoms with Gasteiger partial charge in [-0.15, -0.1) is 0 Å². The molecule has 3 fully saturated rings. The number of hydrogen-bond acceptors (Lipinski definition) is 5. The molecule has 0 amide bonds.